The maximum atomic E-state index is 14.0. The fourth-order valence-corrected chi connectivity index (χ4v) is 3.59. The van der Waals surface area contributed by atoms with Gasteiger partial charge in [0, 0.05) is 17.2 Å². The molecular formula is C20H14FN5O5. The molecule has 11 heteroatoms. The van der Waals surface area contributed by atoms with Crippen LogP contribution in [0.25, 0.3) is 16.7 Å². The van der Waals surface area contributed by atoms with Crippen LogP contribution in [0.4, 0.5) is 10.1 Å². The maximum absolute atomic E-state index is 14.0. The zero-order valence-electron chi connectivity index (χ0n) is 15.9. The zero-order valence-corrected chi connectivity index (χ0v) is 15.9. The Morgan fingerprint density at radius 2 is 2.10 bits per heavy atom. The van der Waals surface area contributed by atoms with Crippen LogP contribution in [0.5, 0.6) is 5.75 Å². The quantitative estimate of drug-likeness (QED) is 0.366. The summed E-state index contributed by atoms with van der Waals surface area (Å²) in [5, 5.41) is 15.7. The average Bonchev–Trinajstić information content (AvgIpc) is 3.20. The molecule has 4 aromatic rings. The predicted octanol–water partition coefficient (Wildman–Crippen LogP) is 2.54. The molecule has 0 saturated carbocycles. The van der Waals surface area contributed by atoms with E-state index in [0.717, 1.165) is 0 Å². The Bertz CT molecular complexity index is 1400. The van der Waals surface area contributed by atoms with Crippen molar-refractivity contribution in [3.05, 3.63) is 86.3 Å². The lowest BCUT2D eigenvalue weighted by molar-refractivity contribution is -0.384. The normalized spacial score (nSPS) is 13.1. The first-order chi connectivity index (χ1) is 15.0. The van der Waals surface area contributed by atoms with Crippen LogP contribution < -0.4 is 10.3 Å². The van der Waals surface area contributed by atoms with Crippen LogP contribution in [-0.4, -0.2) is 31.0 Å². The molecule has 10 nitrogen and oxygen atoms in total. The molecule has 31 heavy (non-hydrogen) atoms. The topological polar surface area (TPSA) is 114 Å². The van der Waals surface area contributed by atoms with E-state index >= 15 is 0 Å². The molecular weight excluding hydrogens is 409 g/mol. The van der Waals surface area contributed by atoms with Gasteiger partial charge in [0.1, 0.15) is 29.0 Å². The van der Waals surface area contributed by atoms with Crippen molar-refractivity contribution in [3.63, 3.8) is 0 Å². The van der Waals surface area contributed by atoms with Gasteiger partial charge in [0.2, 0.25) is 0 Å². The van der Waals surface area contributed by atoms with Crippen molar-refractivity contribution >= 4 is 16.7 Å². The monoisotopic (exact) mass is 423 g/mol. The SMILES string of the molecule is O=c1c2cnn(-c3ccccc3[N+](=O)[O-])c2ncn1Cc1cc(F)cc2c1OCOC2. The summed E-state index contributed by atoms with van der Waals surface area (Å²) >= 11 is 0. The Morgan fingerprint density at radius 3 is 2.94 bits per heavy atom. The van der Waals surface area contributed by atoms with E-state index in [1.807, 2.05) is 0 Å². The molecule has 0 radical (unpaired) electrons. The molecule has 0 N–H and O–H groups in total. The summed E-state index contributed by atoms with van der Waals surface area (Å²) in [5.41, 5.74) is 0.838. The van der Waals surface area contributed by atoms with Crippen molar-refractivity contribution in [1.29, 1.82) is 0 Å². The minimum atomic E-state index is -0.527. The van der Waals surface area contributed by atoms with E-state index in [-0.39, 0.29) is 42.4 Å². The number of aromatic nitrogens is 4. The fraction of sp³-hybridized carbons (Fsp3) is 0.150. The number of hydrogen-bond acceptors (Lipinski definition) is 7. The highest BCUT2D eigenvalue weighted by atomic mass is 19.1. The van der Waals surface area contributed by atoms with Gasteiger partial charge in [-0.05, 0) is 18.2 Å². The van der Waals surface area contributed by atoms with Gasteiger partial charge in [-0.3, -0.25) is 19.5 Å². The second-order valence-corrected chi connectivity index (χ2v) is 6.88. The van der Waals surface area contributed by atoms with Crippen LogP contribution >= 0.6 is 0 Å². The zero-order chi connectivity index (χ0) is 21.5. The first kappa shape index (κ1) is 18.9. The third-order valence-corrected chi connectivity index (χ3v) is 4.95. The number of ether oxygens (including phenoxy) is 2. The molecule has 0 amide bonds. The minimum absolute atomic E-state index is 0.0263. The Kier molecular flexibility index (Phi) is 4.44. The van der Waals surface area contributed by atoms with Gasteiger partial charge in [0.25, 0.3) is 11.2 Å². The second kappa shape index (κ2) is 7.29. The fourth-order valence-electron chi connectivity index (χ4n) is 3.59. The van der Waals surface area contributed by atoms with E-state index in [1.54, 1.807) is 12.1 Å². The predicted molar refractivity (Wildman–Crippen MR) is 106 cm³/mol. The third kappa shape index (κ3) is 3.20. The van der Waals surface area contributed by atoms with E-state index in [9.17, 15) is 19.3 Å². The van der Waals surface area contributed by atoms with Gasteiger partial charge in [-0.15, -0.1) is 0 Å². The summed E-state index contributed by atoms with van der Waals surface area (Å²) in [4.78, 5) is 28.1. The smallest absolute Gasteiger partial charge is 0.294 e. The highest BCUT2D eigenvalue weighted by Gasteiger charge is 2.21. The number of nitro groups is 1. The molecule has 156 valence electrons. The summed E-state index contributed by atoms with van der Waals surface area (Å²) < 4.78 is 27.3. The molecule has 0 atom stereocenters. The average molecular weight is 423 g/mol. The number of benzene rings is 2. The van der Waals surface area contributed by atoms with Crippen LogP contribution in [0.3, 0.4) is 0 Å². The van der Waals surface area contributed by atoms with Gasteiger partial charge >= 0.3 is 0 Å². The molecule has 5 rings (SSSR count). The molecule has 0 fully saturated rings. The standard InChI is InChI=1S/C20H14FN5O5/c21-14-5-12(18-13(6-14)9-30-11-31-18)8-24-10-22-19-15(20(24)27)7-23-25(19)16-3-1-2-4-17(16)26(28)29/h1-7,10H,8-9,11H2. The molecule has 0 saturated heterocycles. The van der Waals surface area contributed by atoms with Crippen molar-refractivity contribution in [2.24, 2.45) is 0 Å². The van der Waals surface area contributed by atoms with Crippen LogP contribution in [0.1, 0.15) is 11.1 Å². The van der Waals surface area contributed by atoms with E-state index in [1.165, 1.54) is 46.0 Å². The molecule has 0 bridgehead atoms. The maximum Gasteiger partial charge on any atom is 0.294 e. The van der Waals surface area contributed by atoms with Gasteiger partial charge in [-0.2, -0.15) is 5.10 Å². The van der Waals surface area contributed by atoms with Crippen molar-refractivity contribution in [2.45, 2.75) is 13.2 Å². The first-order valence-corrected chi connectivity index (χ1v) is 9.22. The summed E-state index contributed by atoms with van der Waals surface area (Å²) in [5.74, 6) is 0.0180. The van der Waals surface area contributed by atoms with Crippen LogP contribution in [0.2, 0.25) is 0 Å². The lowest BCUT2D eigenvalue weighted by Crippen LogP contribution is -2.22. The summed E-state index contributed by atoms with van der Waals surface area (Å²) in [6.45, 7) is 0.286. The minimum Gasteiger partial charge on any atom is -0.467 e. The highest BCUT2D eigenvalue weighted by molar-refractivity contribution is 5.76. The van der Waals surface area contributed by atoms with Gasteiger partial charge in [0.15, 0.2) is 12.4 Å². The Labute approximate surface area is 173 Å². The first-order valence-electron chi connectivity index (χ1n) is 9.22. The Morgan fingerprint density at radius 1 is 1.26 bits per heavy atom. The molecule has 1 aliphatic rings. The number of fused-ring (bicyclic) bond motifs is 2. The van der Waals surface area contributed by atoms with Gasteiger partial charge < -0.3 is 9.47 Å². The van der Waals surface area contributed by atoms with Crippen LogP contribution in [0.15, 0.2) is 53.7 Å². The summed E-state index contributed by atoms with van der Waals surface area (Å²) in [7, 11) is 0. The Hall–Kier alpha value is -4.12. The molecule has 1 aliphatic heterocycles. The van der Waals surface area contributed by atoms with Crippen molar-refractivity contribution in [3.8, 4) is 11.4 Å². The van der Waals surface area contributed by atoms with Crippen molar-refractivity contribution in [2.75, 3.05) is 6.79 Å². The lowest BCUT2D eigenvalue weighted by atomic mass is 10.1. The van der Waals surface area contributed by atoms with Gasteiger partial charge in [-0.25, -0.2) is 14.1 Å². The number of rotatable bonds is 4. The molecule has 0 spiro atoms. The van der Waals surface area contributed by atoms with E-state index < -0.39 is 16.3 Å². The largest absolute Gasteiger partial charge is 0.467 e. The molecule has 0 aliphatic carbocycles. The third-order valence-electron chi connectivity index (χ3n) is 4.95. The van der Waals surface area contributed by atoms with Crippen LogP contribution in [-0.2, 0) is 17.9 Å². The number of para-hydroxylation sites is 2. The highest BCUT2D eigenvalue weighted by Crippen LogP contribution is 2.30. The number of hydrogen-bond donors (Lipinski definition) is 0. The summed E-state index contributed by atoms with van der Waals surface area (Å²) in [6, 6.07) is 8.68. The van der Waals surface area contributed by atoms with E-state index in [0.29, 0.717) is 16.9 Å². The summed E-state index contributed by atoms with van der Waals surface area (Å²) in [6.07, 6.45) is 2.61. The molecule has 2 aromatic heterocycles. The number of nitrogens with zero attached hydrogens (tertiary/aromatic N) is 5. The van der Waals surface area contributed by atoms with E-state index in [2.05, 4.69) is 10.1 Å². The van der Waals surface area contributed by atoms with Gasteiger partial charge in [-0.1, -0.05) is 12.1 Å². The van der Waals surface area contributed by atoms with Crippen molar-refractivity contribution in [1.82, 2.24) is 19.3 Å². The lowest BCUT2D eigenvalue weighted by Gasteiger charge is -2.21. The molecule has 0 unspecified atom stereocenters. The molecule has 3 heterocycles. The van der Waals surface area contributed by atoms with E-state index in [4.69, 9.17) is 9.47 Å². The van der Waals surface area contributed by atoms with Gasteiger partial charge in [0.05, 0.1) is 24.3 Å². The number of halogens is 1. The number of nitro benzene ring substituents is 1. The Balaban J connectivity index is 1.59. The van der Waals surface area contributed by atoms with Crippen molar-refractivity contribution < 1.29 is 18.8 Å². The van der Waals surface area contributed by atoms with Crippen LogP contribution in [0, 0.1) is 15.9 Å². The second-order valence-electron chi connectivity index (χ2n) is 6.88. The molecule has 2 aromatic carbocycles.